The molecule has 10 heteroatoms. The van der Waals surface area contributed by atoms with Crippen molar-refractivity contribution in [2.75, 3.05) is 4.31 Å². The molecule has 0 aromatic heterocycles. The molecule has 0 bridgehead atoms. The van der Waals surface area contributed by atoms with Crippen LogP contribution in [0.4, 0.5) is 5.69 Å². The first kappa shape index (κ1) is 26.1. The minimum atomic E-state index is -4.44. The number of sulfonamides is 1. The van der Waals surface area contributed by atoms with Gasteiger partial charge in [-0.15, -0.1) is 0 Å². The Morgan fingerprint density at radius 3 is 1.86 bits per heavy atom. The molecule has 0 saturated carbocycles. The van der Waals surface area contributed by atoms with E-state index in [-0.39, 0.29) is 32.0 Å². The van der Waals surface area contributed by atoms with E-state index in [4.69, 9.17) is 4.74 Å². The molecule has 0 unspecified atom stereocenters. The maximum absolute atomic E-state index is 13.7. The molecule has 0 fully saturated rings. The number of esters is 1. The quantitative estimate of drug-likeness (QED) is 0.260. The van der Waals surface area contributed by atoms with Crippen molar-refractivity contribution in [1.82, 2.24) is 0 Å². The number of carbonyl (C=O) groups is 2. The lowest BCUT2D eigenvalue weighted by Crippen LogP contribution is -2.35. The van der Waals surface area contributed by atoms with Crippen LogP contribution in [0.3, 0.4) is 0 Å². The number of hydrogen-bond donors (Lipinski definition) is 0. The van der Waals surface area contributed by atoms with Gasteiger partial charge in [0.15, 0.2) is 5.75 Å². The maximum atomic E-state index is 13.7. The van der Waals surface area contributed by atoms with E-state index in [1.807, 2.05) is 0 Å². The Hall–Kier alpha value is -4.02. The second-order valence-electron chi connectivity index (χ2n) is 8.28. The predicted octanol–water partition coefficient (Wildman–Crippen LogP) is 4.65. The van der Waals surface area contributed by atoms with Crippen LogP contribution in [0.2, 0.25) is 0 Å². The molecule has 4 aromatic rings. The molecule has 0 aliphatic carbocycles. The number of rotatable bonds is 6. The lowest BCUT2D eigenvalue weighted by atomic mass is 10.1. The van der Waals surface area contributed by atoms with Crippen molar-refractivity contribution in [1.29, 1.82) is 0 Å². The zero-order chi connectivity index (χ0) is 27.0. The van der Waals surface area contributed by atoms with Gasteiger partial charge < -0.3 is 4.74 Å². The molecule has 8 nitrogen and oxygen atoms in total. The fourth-order valence-electron chi connectivity index (χ4n) is 3.93. The normalized spacial score (nSPS) is 11.8. The third kappa shape index (κ3) is 4.85. The molecule has 4 aromatic carbocycles. The van der Waals surface area contributed by atoms with Gasteiger partial charge in [-0.2, -0.15) is 0 Å². The summed E-state index contributed by atoms with van der Waals surface area (Å²) < 4.78 is 60.8. The van der Waals surface area contributed by atoms with Gasteiger partial charge in [0.05, 0.1) is 15.5 Å². The van der Waals surface area contributed by atoms with Crippen molar-refractivity contribution in [3.8, 4) is 5.75 Å². The highest BCUT2D eigenvalue weighted by atomic mass is 32.2. The predicted molar refractivity (Wildman–Crippen MR) is 139 cm³/mol. The average molecular weight is 538 g/mol. The number of nitrogens with zero attached hydrogens (tertiary/aromatic N) is 1. The standard InChI is InChI=1S/C27H23NO7S2/c1-18-13-15-22(16-14-18)37(33,34)28(19(2)29)25-17-26(36(31,32)21-9-5-4-6-10-21)27(35-20(3)30)24-12-8-7-11-23(24)25/h4-17H,1-3H3. The summed E-state index contributed by atoms with van der Waals surface area (Å²) in [5, 5.41) is 0.353. The molecule has 37 heavy (non-hydrogen) atoms. The number of benzene rings is 4. The summed E-state index contributed by atoms with van der Waals surface area (Å²) in [5.74, 6) is -1.88. The number of amides is 1. The van der Waals surface area contributed by atoms with E-state index in [1.54, 1.807) is 37.3 Å². The highest BCUT2D eigenvalue weighted by molar-refractivity contribution is 7.93. The van der Waals surface area contributed by atoms with Crippen molar-refractivity contribution in [3.05, 3.63) is 90.5 Å². The van der Waals surface area contributed by atoms with Gasteiger partial charge in [0.2, 0.25) is 15.7 Å². The van der Waals surface area contributed by atoms with Crippen LogP contribution in [-0.4, -0.2) is 28.7 Å². The second kappa shape index (κ2) is 9.79. The summed E-state index contributed by atoms with van der Waals surface area (Å²) in [4.78, 5) is 24.2. The number of hydrogen-bond acceptors (Lipinski definition) is 7. The highest BCUT2D eigenvalue weighted by Crippen LogP contribution is 2.43. The molecule has 0 heterocycles. The van der Waals surface area contributed by atoms with Gasteiger partial charge in [-0.05, 0) is 37.3 Å². The van der Waals surface area contributed by atoms with E-state index in [1.165, 1.54) is 48.5 Å². The summed E-state index contributed by atoms with van der Waals surface area (Å²) >= 11 is 0. The topological polar surface area (TPSA) is 115 Å². The van der Waals surface area contributed by atoms with Crippen LogP contribution >= 0.6 is 0 Å². The molecule has 0 N–H and O–H groups in total. The van der Waals surface area contributed by atoms with Gasteiger partial charge in [0.1, 0.15) is 4.90 Å². The maximum Gasteiger partial charge on any atom is 0.308 e. The lowest BCUT2D eigenvalue weighted by Gasteiger charge is -2.25. The van der Waals surface area contributed by atoms with E-state index < -0.39 is 36.6 Å². The van der Waals surface area contributed by atoms with E-state index >= 15 is 0 Å². The van der Waals surface area contributed by atoms with E-state index in [9.17, 15) is 26.4 Å². The van der Waals surface area contributed by atoms with E-state index in [0.717, 1.165) is 25.5 Å². The summed E-state index contributed by atoms with van der Waals surface area (Å²) in [6, 6.07) is 20.7. The zero-order valence-electron chi connectivity index (χ0n) is 20.2. The fourth-order valence-corrected chi connectivity index (χ4v) is 6.80. The Morgan fingerprint density at radius 2 is 1.30 bits per heavy atom. The molecular formula is C27H23NO7S2. The molecule has 1 amide bonds. The monoisotopic (exact) mass is 537 g/mol. The minimum Gasteiger partial charge on any atom is -0.425 e. The number of anilines is 1. The summed E-state index contributed by atoms with van der Waals surface area (Å²) in [7, 11) is -8.76. The molecule has 0 atom stereocenters. The van der Waals surface area contributed by atoms with Gasteiger partial charge in [0.25, 0.3) is 10.0 Å². The van der Waals surface area contributed by atoms with Crippen molar-refractivity contribution in [3.63, 3.8) is 0 Å². The lowest BCUT2D eigenvalue weighted by molar-refractivity contribution is -0.132. The Kier molecular flexibility index (Phi) is 6.90. The van der Waals surface area contributed by atoms with Crippen molar-refractivity contribution in [2.24, 2.45) is 0 Å². The molecule has 0 saturated heterocycles. The fraction of sp³-hybridized carbons (Fsp3) is 0.111. The van der Waals surface area contributed by atoms with Gasteiger partial charge in [0, 0.05) is 24.6 Å². The van der Waals surface area contributed by atoms with Crippen LogP contribution in [0, 0.1) is 6.92 Å². The third-order valence-electron chi connectivity index (χ3n) is 5.59. The number of carbonyl (C=O) groups excluding carboxylic acids is 2. The van der Waals surface area contributed by atoms with Gasteiger partial charge in [-0.25, -0.2) is 21.1 Å². The summed E-state index contributed by atoms with van der Waals surface area (Å²) in [6.07, 6.45) is 0. The Morgan fingerprint density at radius 1 is 0.730 bits per heavy atom. The minimum absolute atomic E-state index is 0.0969. The number of sulfone groups is 1. The largest absolute Gasteiger partial charge is 0.425 e. The molecular weight excluding hydrogens is 514 g/mol. The van der Waals surface area contributed by atoms with E-state index in [2.05, 4.69) is 0 Å². The van der Waals surface area contributed by atoms with Crippen LogP contribution in [-0.2, 0) is 29.4 Å². The number of fused-ring (bicyclic) bond motifs is 1. The van der Waals surface area contributed by atoms with Crippen LogP contribution in [0.15, 0.2) is 99.6 Å². The van der Waals surface area contributed by atoms with Gasteiger partial charge >= 0.3 is 5.97 Å². The third-order valence-corrected chi connectivity index (χ3v) is 9.17. The van der Waals surface area contributed by atoms with Crippen molar-refractivity contribution in [2.45, 2.75) is 35.5 Å². The zero-order valence-corrected chi connectivity index (χ0v) is 21.8. The van der Waals surface area contributed by atoms with Gasteiger partial charge in [-0.1, -0.05) is 60.2 Å². The van der Waals surface area contributed by atoms with Crippen molar-refractivity contribution < 1.29 is 31.2 Å². The molecule has 190 valence electrons. The number of aryl methyl sites for hydroxylation is 1. The second-order valence-corrected chi connectivity index (χ2v) is 12.0. The summed E-state index contributed by atoms with van der Waals surface area (Å²) in [6.45, 7) is 4.00. The first-order chi connectivity index (χ1) is 17.4. The van der Waals surface area contributed by atoms with Crippen LogP contribution in [0.25, 0.3) is 10.8 Å². The molecule has 0 spiro atoms. The molecule has 0 radical (unpaired) electrons. The smallest absolute Gasteiger partial charge is 0.308 e. The SMILES string of the molecule is CC(=O)Oc1c(S(=O)(=O)c2ccccc2)cc(N(C(C)=O)S(=O)(=O)c2ccc(C)cc2)c2ccccc12. The highest BCUT2D eigenvalue weighted by Gasteiger charge is 2.34. The molecule has 0 aliphatic heterocycles. The Labute approximate surface area is 215 Å². The van der Waals surface area contributed by atoms with Crippen LogP contribution < -0.4 is 9.04 Å². The van der Waals surface area contributed by atoms with E-state index in [0.29, 0.717) is 4.31 Å². The Bertz CT molecular complexity index is 1730. The van der Waals surface area contributed by atoms with Gasteiger partial charge in [-0.3, -0.25) is 9.59 Å². The first-order valence-electron chi connectivity index (χ1n) is 11.1. The average Bonchev–Trinajstić information content (AvgIpc) is 2.85. The first-order valence-corrected chi connectivity index (χ1v) is 14.0. The summed E-state index contributed by atoms with van der Waals surface area (Å²) in [5.41, 5.74) is 0.634. The molecule has 4 rings (SSSR count). The van der Waals surface area contributed by atoms with Crippen molar-refractivity contribution >= 4 is 48.2 Å². The van der Waals surface area contributed by atoms with Crippen LogP contribution in [0.5, 0.6) is 5.75 Å². The molecule has 0 aliphatic rings. The number of ether oxygens (including phenoxy) is 1. The Balaban J connectivity index is 2.11. The van der Waals surface area contributed by atoms with Crippen LogP contribution in [0.1, 0.15) is 19.4 Å².